The highest BCUT2D eigenvalue weighted by atomic mass is 79.9. The van der Waals surface area contributed by atoms with Crippen LogP contribution in [0.3, 0.4) is 0 Å². The molecule has 0 aromatic carbocycles. The van der Waals surface area contributed by atoms with E-state index < -0.39 is 5.97 Å². The van der Waals surface area contributed by atoms with Crippen molar-refractivity contribution >= 4 is 50.8 Å². The summed E-state index contributed by atoms with van der Waals surface area (Å²) in [5, 5.41) is 18.9. The predicted octanol–water partition coefficient (Wildman–Crippen LogP) is 5.62. The largest absolute Gasteiger partial charge is 0.481 e. The minimum Gasteiger partial charge on any atom is -0.481 e. The molecule has 0 amide bonds. The molecule has 1 aromatic rings. The van der Waals surface area contributed by atoms with Crippen LogP contribution in [-0.4, -0.2) is 33.8 Å². The van der Waals surface area contributed by atoms with Gasteiger partial charge in [-0.2, -0.15) is 0 Å². The molecule has 1 fully saturated rings. The third-order valence-corrected chi connectivity index (χ3v) is 8.26. The van der Waals surface area contributed by atoms with Crippen LogP contribution in [0.5, 0.6) is 0 Å². The molecule has 1 aliphatic carbocycles. The lowest BCUT2D eigenvalue weighted by Gasteiger charge is -2.17. The predicted molar refractivity (Wildman–Crippen MR) is 119 cm³/mol. The highest BCUT2D eigenvalue weighted by Crippen LogP contribution is 2.36. The Balaban J connectivity index is 1.77. The average molecular weight is 487 g/mol. The van der Waals surface area contributed by atoms with E-state index in [1.165, 1.54) is 4.88 Å². The zero-order valence-corrected chi connectivity index (χ0v) is 19.2. The number of carboxylic acids is 1. The molecule has 2 rings (SSSR count). The van der Waals surface area contributed by atoms with Crippen molar-refractivity contribution in [1.29, 1.82) is 0 Å². The molecule has 0 radical (unpaired) electrons. The number of ketones is 1. The van der Waals surface area contributed by atoms with E-state index >= 15 is 0 Å². The molecular formula is C21H27BrO4S2. The molecule has 1 unspecified atom stereocenters. The molecule has 1 saturated carbocycles. The summed E-state index contributed by atoms with van der Waals surface area (Å²) in [7, 11) is 0. The van der Waals surface area contributed by atoms with Gasteiger partial charge in [-0.05, 0) is 78.9 Å². The first-order valence-electron chi connectivity index (χ1n) is 9.51. The van der Waals surface area contributed by atoms with Gasteiger partial charge in [-0.1, -0.05) is 18.2 Å². The first-order chi connectivity index (χ1) is 13.4. The van der Waals surface area contributed by atoms with E-state index in [4.69, 9.17) is 5.11 Å². The van der Waals surface area contributed by atoms with Gasteiger partial charge in [-0.15, -0.1) is 23.1 Å². The van der Waals surface area contributed by atoms with Gasteiger partial charge in [0.25, 0.3) is 0 Å². The second kappa shape index (κ2) is 12.0. The molecule has 0 bridgehead atoms. The number of rotatable bonds is 11. The van der Waals surface area contributed by atoms with Crippen molar-refractivity contribution in [3.8, 4) is 0 Å². The molecule has 154 valence electrons. The maximum Gasteiger partial charge on any atom is 0.303 e. The maximum absolute atomic E-state index is 12.2. The number of carbonyl (C=O) groups is 2. The van der Waals surface area contributed by atoms with Crippen LogP contribution in [0.4, 0.5) is 0 Å². The molecule has 0 saturated heterocycles. The Morgan fingerprint density at radius 1 is 1.36 bits per heavy atom. The Morgan fingerprint density at radius 3 is 2.82 bits per heavy atom. The summed E-state index contributed by atoms with van der Waals surface area (Å²) in [6.45, 7) is 2.05. The van der Waals surface area contributed by atoms with Crippen molar-refractivity contribution in [2.24, 2.45) is 11.8 Å². The lowest BCUT2D eigenvalue weighted by atomic mass is 9.90. The number of thiophene rings is 1. The number of unbranched alkanes of at least 4 members (excludes halogenated alkanes) is 1. The normalized spacial score (nSPS) is 22.5. The highest BCUT2D eigenvalue weighted by Gasteiger charge is 2.32. The number of carbonyl (C=O) groups excluding carboxylic acids is 1. The van der Waals surface area contributed by atoms with Gasteiger partial charge < -0.3 is 10.2 Å². The first kappa shape index (κ1) is 23.4. The highest BCUT2D eigenvalue weighted by molar-refractivity contribution is 9.10. The fourth-order valence-electron chi connectivity index (χ4n) is 3.32. The zero-order chi connectivity index (χ0) is 20.5. The molecule has 2 N–H and O–H groups in total. The molecule has 4 nitrogen and oxygen atoms in total. The van der Waals surface area contributed by atoms with Gasteiger partial charge in [0.1, 0.15) is 0 Å². The van der Waals surface area contributed by atoms with Gasteiger partial charge in [-0.3, -0.25) is 9.59 Å². The van der Waals surface area contributed by atoms with Gasteiger partial charge in [0.15, 0.2) is 5.78 Å². The smallest absolute Gasteiger partial charge is 0.303 e. The number of aliphatic hydroxyl groups excluding tert-OH is 1. The van der Waals surface area contributed by atoms with Crippen LogP contribution >= 0.6 is 39.0 Å². The third kappa shape index (κ3) is 7.85. The first-order valence-corrected chi connectivity index (χ1v) is 12.1. The van der Waals surface area contributed by atoms with Gasteiger partial charge in [0, 0.05) is 15.8 Å². The summed E-state index contributed by atoms with van der Waals surface area (Å²) in [6, 6.07) is 2.05. The summed E-state index contributed by atoms with van der Waals surface area (Å²) < 4.78 is 2.22. The lowest BCUT2D eigenvalue weighted by Crippen LogP contribution is -2.17. The van der Waals surface area contributed by atoms with Crippen molar-refractivity contribution in [2.75, 3.05) is 5.75 Å². The van der Waals surface area contributed by atoms with E-state index in [1.807, 2.05) is 31.2 Å². The van der Waals surface area contributed by atoms with Gasteiger partial charge in [-0.25, -0.2) is 0 Å². The number of aliphatic carboxylic acids is 1. The SMILES string of the molecule is Cc1sc(SCC(=O)/C=C/[C@H]2CCC(O)[C@@H]2C/C=C\CCCC(=O)O)cc1Br. The van der Waals surface area contributed by atoms with E-state index in [0.29, 0.717) is 12.2 Å². The molecule has 1 aromatic heterocycles. The number of hydrogen-bond donors (Lipinski definition) is 2. The van der Waals surface area contributed by atoms with Crippen LogP contribution in [-0.2, 0) is 9.59 Å². The van der Waals surface area contributed by atoms with Gasteiger partial charge in [0.2, 0.25) is 0 Å². The fourth-order valence-corrected chi connectivity index (χ4v) is 6.10. The monoisotopic (exact) mass is 486 g/mol. The minimum absolute atomic E-state index is 0.0940. The van der Waals surface area contributed by atoms with Gasteiger partial charge >= 0.3 is 5.97 Å². The Hall–Kier alpha value is -0.890. The van der Waals surface area contributed by atoms with Crippen LogP contribution in [0.1, 0.15) is 43.4 Å². The Kier molecular flexibility index (Phi) is 9.99. The molecule has 7 heteroatoms. The number of allylic oxidation sites excluding steroid dienone is 4. The summed E-state index contributed by atoms with van der Waals surface area (Å²) in [4.78, 5) is 23.9. The number of aryl methyl sites for hydroxylation is 1. The summed E-state index contributed by atoms with van der Waals surface area (Å²) in [5.41, 5.74) is 0. The van der Waals surface area contributed by atoms with Crippen molar-refractivity contribution in [3.63, 3.8) is 0 Å². The van der Waals surface area contributed by atoms with Crippen LogP contribution in [0, 0.1) is 18.8 Å². The van der Waals surface area contributed by atoms with Crippen molar-refractivity contribution in [1.82, 2.24) is 0 Å². The maximum atomic E-state index is 12.2. The van der Waals surface area contributed by atoms with E-state index in [1.54, 1.807) is 29.2 Å². The Labute approximate surface area is 183 Å². The number of halogens is 1. The van der Waals surface area contributed by atoms with E-state index in [-0.39, 0.29) is 30.1 Å². The Morgan fingerprint density at radius 2 is 2.14 bits per heavy atom. The van der Waals surface area contributed by atoms with Crippen molar-refractivity contribution in [2.45, 2.75) is 55.8 Å². The molecule has 1 heterocycles. The van der Waals surface area contributed by atoms with Crippen molar-refractivity contribution < 1.29 is 19.8 Å². The van der Waals surface area contributed by atoms with Crippen LogP contribution in [0.2, 0.25) is 0 Å². The fraction of sp³-hybridized carbons (Fsp3) is 0.524. The summed E-state index contributed by atoms with van der Waals surface area (Å²) in [5.74, 6) is 0.0897. The number of carboxylic acid groups (broad SMARTS) is 1. The number of aliphatic hydroxyl groups is 1. The second-order valence-corrected chi connectivity index (χ2v) is 10.4. The quantitative estimate of drug-likeness (QED) is 0.183. The second-order valence-electron chi connectivity index (χ2n) is 7.05. The molecule has 3 atom stereocenters. The number of thioether (sulfide) groups is 1. The molecule has 1 aliphatic rings. The Bertz CT molecular complexity index is 706. The van der Waals surface area contributed by atoms with Gasteiger partial charge in [0.05, 0.1) is 16.1 Å². The molecular weight excluding hydrogens is 460 g/mol. The average Bonchev–Trinajstić information content (AvgIpc) is 3.16. The third-order valence-electron chi connectivity index (χ3n) is 4.90. The van der Waals surface area contributed by atoms with Crippen molar-refractivity contribution in [3.05, 3.63) is 39.7 Å². The number of hydrogen-bond acceptors (Lipinski definition) is 5. The topological polar surface area (TPSA) is 74.6 Å². The molecule has 0 aliphatic heterocycles. The van der Waals surface area contributed by atoms with E-state index in [9.17, 15) is 14.7 Å². The van der Waals surface area contributed by atoms with Crippen LogP contribution < -0.4 is 0 Å². The van der Waals surface area contributed by atoms with E-state index in [2.05, 4.69) is 15.9 Å². The van der Waals surface area contributed by atoms with E-state index in [0.717, 1.165) is 34.4 Å². The van der Waals surface area contributed by atoms with Crippen LogP contribution in [0.25, 0.3) is 0 Å². The zero-order valence-electron chi connectivity index (χ0n) is 16.0. The standard InChI is InChI=1S/C21H27BrO4S2/c1-14-18(22)12-21(28-14)27-13-16(23)10-8-15-9-11-19(24)17(15)6-4-2-3-5-7-20(25)26/h2,4,8,10,12,15,17,19,24H,3,5-7,9,11,13H2,1H3,(H,25,26)/b4-2-,10-8+/t15-,17+,19?/m0/s1. The molecule has 28 heavy (non-hydrogen) atoms. The summed E-state index contributed by atoms with van der Waals surface area (Å²) in [6.07, 6.45) is 11.3. The molecule has 0 spiro atoms. The summed E-state index contributed by atoms with van der Waals surface area (Å²) >= 11 is 6.73. The lowest BCUT2D eigenvalue weighted by molar-refractivity contribution is -0.137. The van der Waals surface area contributed by atoms with Crippen LogP contribution in [0.15, 0.2) is 39.1 Å². The minimum atomic E-state index is -0.769.